The molecule has 0 heterocycles. The summed E-state index contributed by atoms with van der Waals surface area (Å²) in [5.41, 5.74) is 0. The molecule has 0 spiro atoms. The van der Waals surface area contributed by atoms with Crippen molar-refractivity contribution in [2.75, 3.05) is 0 Å². The van der Waals surface area contributed by atoms with Gasteiger partial charge in [0.15, 0.2) is 0 Å². The average Bonchev–Trinajstić information content (AvgIpc) is 2.97. The highest BCUT2D eigenvalue weighted by atomic mass is 16.1. The summed E-state index contributed by atoms with van der Waals surface area (Å²) in [6.45, 7) is 4.50. The summed E-state index contributed by atoms with van der Waals surface area (Å²) in [6.07, 6.45) is 8.18. The van der Waals surface area contributed by atoms with Crippen molar-refractivity contribution in [3.63, 3.8) is 0 Å². The summed E-state index contributed by atoms with van der Waals surface area (Å²) in [6, 6.07) is 0. The second-order valence-corrected chi connectivity index (χ2v) is 5.48. The molecule has 1 nitrogen and oxygen atoms in total. The third-order valence-electron chi connectivity index (χ3n) is 4.51. The molecule has 14 heavy (non-hydrogen) atoms. The van der Waals surface area contributed by atoms with E-state index in [4.69, 9.17) is 0 Å². The molecule has 2 aliphatic rings. The lowest BCUT2D eigenvalue weighted by molar-refractivity contribution is -0.111. The fourth-order valence-electron chi connectivity index (χ4n) is 3.41. The van der Waals surface area contributed by atoms with Gasteiger partial charge in [-0.2, -0.15) is 0 Å². The maximum atomic E-state index is 10.7. The van der Waals surface area contributed by atoms with Crippen LogP contribution >= 0.6 is 0 Å². The van der Waals surface area contributed by atoms with Gasteiger partial charge in [-0.3, -0.25) is 0 Å². The molecular weight excluding hydrogens is 172 g/mol. The largest absolute Gasteiger partial charge is 0.303 e. The molecule has 0 amide bonds. The Labute approximate surface area is 87.3 Å². The molecule has 0 aromatic heterocycles. The predicted molar refractivity (Wildman–Crippen MR) is 57.9 cm³/mol. The van der Waals surface area contributed by atoms with E-state index in [1.54, 1.807) is 0 Å². The zero-order chi connectivity index (χ0) is 10.1. The van der Waals surface area contributed by atoms with Crippen molar-refractivity contribution in [2.24, 2.45) is 29.6 Å². The lowest BCUT2D eigenvalue weighted by Crippen LogP contribution is -2.20. The van der Waals surface area contributed by atoms with Gasteiger partial charge in [-0.25, -0.2) is 0 Å². The first-order valence-corrected chi connectivity index (χ1v) is 6.19. The van der Waals surface area contributed by atoms with Gasteiger partial charge in [0.2, 0.25) is 0 Å². The van der Waals surface area contributed by atoms with E-state index in [9.17, 15) is 4.79 Å². The van der Waals surface area contributed by atoms with E-state index in [0.717, 1.165) is 30.0 Å². The van der Waals surface area contributed by atoms with E-state index in [1.165, 1.54) is 32.1 Å². The van der Waals surface area contributed by atoms with Gasteiger partial charge < -0.3 is 4.79 Å². The second kappa shape index (κ2) is 4.04. The Morgan fingerprint density at radius 1 is 1.21 bits per heavy atom. The van der Waals surface area contributed by atoms with Gasteiger partial charge in [0.05, 0.1) is 0 Å². The number of carbonyl (C=O) groups is 1. The van der Waals surface area contributed by atoms with Crippen LogP contribution in [0.5, 0.6) is 0 Å². The molecule has 0 aromatic carbocycles. The van der Waals surface area contributed by atoms with Crippen LogP contribution in [0, 0.1) is 29.6 Å². The van der Waals surface area contributed by atoms with E-state index in [1.807, 2.05) is 0 Å². The molecule has 0 N–H and O–H groups in total. The van der Waals surface area contributed by atoms with Gasteiger partial charge in [0.1, 0.15) is 6.29 Å². The molecule has 2 fully saturated rings. The van der Waals surface area contributed by atoms with Crippen LogP contribution in [-0.2, 0) is 4.79 Å². The van der Waals surface area contributed by atoms with Crippen LogP contribution < -0.4 is 0 Å². The molecule has 0 saturated heterocycles. The molecular formula is C13H22O. The quantitative estimate of drug-likeness (QED) is 0.630. The molecule has 1 heteroatoms. The smallest absolute Gasteiger partial charge is 0.123 e. The second-order valence-electron chi connectivity index (χ2n) is 5.48. The number of rotatable bonds is 3. The topological polar surface area (TPSA) is 17.1 Å². The van der Waals surface area contributed by atoms with Crippen molar-refractivity contribution in [1.82, 2.24) is 0 Å². The first-order chi connectivity index (χ1) is 6.74. The molecule has 0 bridgehead atoms. The molecule has 2 saturated carbocycles. The van der Waals surface area contributed by atoms with E-state index in [2.05, 4.69) is 13.8 Å². The molecule has 80 valence electrons. The fourth-order valence-corrected chi connectivity index (χ4v) is 3.41. The van der Waals surface area contributed by atoms with E-state index in [-0.39, 0.29) is 0 Å². The third kappa shape index (κ3) is 1.87. The summed E-state index contributed by atoms with van der Waals surface area (Å²) >= 11 is 0. The fraction of sp³-hybridized carbons (Fsp3) is 0.923. The number of hydrogen-bond donors (Lipinski definition) is 0. The van der Waals surface area contributed by atoms with E-state index >= 15 is 0 Å². The number of carbonyl (C=O) groups excluding carboxylic acids is 1. The standard InChI is InChI=1S/C13H22O/c1-9-5-3-4-6-11(9)13-7-12(13)10(2)8-14/h8-13H,3-7H2,1-2H3. The summed E-state index contributed by atoms with van der Waals surface area (Å²) in [5, 5.41) is 0. The first-order valence-electron chi connectivity index (χ1n) is 6.19. The summed E-state index contributed by atoms with van der Waals surface area (Å²) in [4.78, 5) is 10.7. The molecule has 0 radical (unpaired) electrons. The van der Waals surface area contributed by atoms with Crippen molar-refractivity contribution in [3.05, 3.63) is 0 Å². The highest BCUT2D eigenvalue weighted by molar-refractivity contribution is 5.54. The lowest BCUT2D eigenvalue weighted by atomic mass is 9.76. The monoisotopic (exact) mass is 194 g/mol. The van der Waals surface area contributed by atoms with E-state index in [0.29, 0.717) is 5.92 Å². The maximum absolute atomic E-state index is 10.7. The molecule has 2 aliphatic carbocycles. The minimum absolute atomic E-state index is 0.314. The van der Waals surface area contributed by atoms with Gasteiger partial charge in [-0.1, -0.05) is 33.1 Å². The molecule has 5 unspecified atom stereocenters. The van der Waals surface area contributed by atoms with Crippen LogP contribution in [0.4, 0.5) is 0 Å². The molecule has 2 rings (SSSR count). The SMILES string of the molecule is CC(C=O)C1CC1C1CCCCC1C. The number of hydrogen-bond acceptors (Lipinski definition) is 1. The van der Waals surface area contributed by atoms with Gasteiger partial charge in [0.25, 0.3) is 0 Å². The third-order valence-corrected chi connectivity index (χ3v) is 4.51. The van der Waals surface area contributed by atoms with Crippen molar-refractivity contribution in [2.45, 2.75) is 46.0 Å². The average molecular weight is 194 g/mol. The normalized spacial score (nSPS) is 44.4. The Balaban J connectivity index is 1.88. The summed E-state index contributed by atoms with van der Waals surface area (Å²) in [7, 11) is 0. The number of aldehydes is 1. The van der Waals surface area contributed by atoms with Gasteiger partial charge in [-0.05, 0) is 36.5 Å². The highest BCUT2D eigenvalue weighted by Crippen LogP contribution is 2.53. The Kier molecular flexibility index (Phi) is 2.94. The predicted octanol–water partition coefficient (Wildman–Crippen LogP) is 3.28. The Hall–Kier alpha value is -0.330. The molecule has 0 aromatic rings. The zero-order valence-electron chi connectivity index (χ0n) is 9.41. The van der Waals surface area contributed by atoms with Crippen molar-refractivity contribution in [1.29, 1.82) is 0 Å². The van der Waals surface area contributed by atoms with Gasteiger partial charge in [0, 0.05) is 5.92 Å². The van der Waals surface area contributed by atoms with Gasteiger partial charge in [-0.15, -0.1) is 0 Å². The van der Waals surface area contributed by atoms with Crippen LogP contribution in [0.3, 0.4) is 0 Å². The molecule has 0 aliphatic heterocycles. The maximum Gasteiger partial charge on any atom is 0.123 e. The Morgan fingerprint density at radius 3 is 2.57 bits per heavy atom. The van der Waals surface area contributed by atoms with Crippen LogP contribution in [-0.4, -0.2) is 6.29 Å². The minimum Gasteiger partial charge on any atom is -0.303 e. The van der Waals surface area contributed by atoms with Crippen LogP contribution in [0.25, 0.3) is 0 Å². The Morgan fingerprint density at radius 2 is 1.93 bits per heavy atom. The zero-order valence-corrected chi connectivity index (χ0v) is 9.41. The summed E-state index contributed by atoms with van der Waals surface area (Å²) < 4.78 is 0. The van der Waals surface area contributed by atoms with Crippen molar-refractivity contribution < 1.29 is 4.79 Å². The van der Waals surface area contributed by atoms with Gasteiger partial charge >= 0.3 is 0 Å². The molecule has 5 atom stereocenters. The first kappa shape index (κ1) is 10.2. The minimum atomic E-state index is 0.314. The van der Waals surface area contributed by atoms with Crippen LogP contribution in [0.15, 0.2) is 0 Å². The van der Waals surface area contributed by atoms with Crippen LogP contribution in [0.1, 0.15) is 46.0 Å². The van der Waals surface area contributed by atoms with Crippen molar-refractivity contribution in [3.8, 4) is 0 Å². The van der Waals surface area contributed by atoms with Crippen molar-refractivity contribution >= 4 is 6.29 Å². The Bertz CT molecular complexity index is 211. The van der Waals surface area contributed by atoms with E-state index < -0.39 is 0 Å². The lowest BCUT2D eigenvalue weighted by Gasteiger charge is -2.29. The highest BCUT2D eigenvalue weighted by Gasteiger charge is 2.47. The van der Waals surface area contributed by atoms with Crippen LogP contribution in [0.2, 0.25) is 0 Å². The summed E-state index contributed by atoms with van der Waals surface area (Å²) in [5.74, 6) is 3.80.